The molecule has 1 amide bonds. The fourth-order valence-electron chi connectivity index (χ4n) is 2.34. The van der Waals surface area contributed by atoms with Crippen LogP contribution < -0.4 is 11.1 Å². The van der Waals surface area contributed by atoms with Gasteiger partial charge < -0.3 is 15.8 Å². The van der Waals surface area contributed by atoms with E-state index in [9.17, 15) is 4.79 Å². The van der Waals surface area contributed by atoms with Crippen LogP contribution in [0.2, 0.25) is 0 Å². The van der Waals surface area contributed by atoms with Gasteiger partial charge in [0.15, 0.2) is 0 Å². The van der Waals surface area contributed by atoms with Crippen LogP contribution in [0.4, 0.5) is 0 Å². The van der Waals surface area contributed by atoms with Crippen LogP contribution in [-0.4, -0.2) is 32.2 Å². The van der Waals surface area contributed by atoms with E-state index in [0.29, 0.717) is 25.0 Å². The van der Waals surface area contributed by atoms with Crippen LogP contribution in [0.5, 0.6) is 0 Å². The third-order valence-corrected chi connectivity index (χ3v) is 3.52. The van der Waals surface area contributed by atoms with E-state index in [1.165, 1.54) is 12.8 Å². The Kier molecular flexibility index (Phi) is 7.21. The molecule has 0 radical (unpaired) electrons. The van der Waals surface area contributed by atoms with Crippen molar-refractivity contribution >= 4 is 5.91 Å². The molecule has 1 fully saturated rings. The van der Waals surface area contributed by atoms with E-state index in [1.54, 1.807) is 7.11 Å². The van der Waals surface area contributed by atoms with Crippen LogP contribution in [0.15, 0.2) is 0 Å². The number of ether oxygens (including phenoxy) is 1. The minimum absolute atomic E-state index is 0.177. The lowest BCUT2D eigenvalue weighted by molar-refractivity contribution is -0.121. The first-order valence-corrected chi connectivity index (χ1v) is 6.73. The van der Waals surface area contributed by atoms with Gasteiger partial charge in [0.1, 0.15) is 0 Å². The number of hydrogen-bond acceptors (Lipinski definition) is 3. The Hall–Kier alpha value is -0.610. The molecule has 0 spiro atoms. The molecule has 1 rings (SSSR count). The number of nitrogens with two attached hydrogens (primary N) is 1. The molecule has 0 atom stereocenters. The number of nitrogens with one attached hydrogen (secondary N) is 1. The van der Waals surface area contributed by atoms with Gasteiger partial charge in [0, 0.05) is 32.7 Å². The normalized spacial score (nSPS) is 24.6. The van der Waals surface area contributed by atoms with E-state index in [2.05, 4.69) is 5.32 Å². The second-order valence-corrected chi connectivity index (χ2v) is 5.02. The first-order chi connectivity index (χ1) is 8.22. The second-order valence-electron chi connectivity index (χ2n) is 5.02. The highest BCUT2D eigenvalue weighted by Gasteiger charge is 2.18. The third kappa shape index (κ3) is 6.64. The van der Waals surface area contributed by atoms with E-state index in [1.807, 2.05) is 0 Å². The maximum Gasteiger partial charge on any atom is 0.220 e. The molecule has 4 heteroatoms. The molecule has 0 aromatic heterocycles. The molecule has 0 heterocycles. The van der Waals surface area contributed by atoms with E-state index in [0.717, 1.165) is 32.2 Å². The molecule has 0 aromatic carbocycles. The zero-order valence-corrected chi connectivity index (χ0v) is 10.9. The van der Waals surface area contributed by atoms with E-state index in [-0.39, 0.29) is 5.91 Å². The van der Waals surface area contributed by atoms with Gasteiger partial charge in [-0.3, -0.25) is 4.79 Å². The summed E-state index contributed by atoms with van der Waals surface area (Å²) in [7, 11) is 1.68. The van der Waals surface area contributed by atoms with Crippen LogP contribution >= 0.6 is 0 Å². The summed E-state index contributed by atoms with van der Waals surface area (Å²) >= 11 is 0. The zero-order valence-electron chi connectivity index (χ0n) is 10.9. The van der Waals surface area contributed by atoms with Crippen molar-refractivity contribution < 1.29 is 9.53 Å². The van der Waals surface area contributed by atoms with Crippen molar-refractivity contribution in [1.82, 2.24) is 5.32 Å². The Morgan fingerprint density at radius 1 is 1.35 bits per heavy atom. The maximum absolute atomic E-state index is 11.5. The Balaban J connectivity index is 1.99. The van der Waals surface area contributed by atoms with E-state index >= 15 is 0 Å². The number of amides is 1. The van der Waals surface area contributed by atoms with Crippen LogP contribution in [0, 0.1) is 5.92 Å². The van der Waals surface area contributed by atoms with Crippen LogP contribution in [-0.2, 0) is 9.53 Å². The Bertz CT molecular complexity index is 213. The monoisotopic (exact) mass is 242 g/mol. The molecule has 0 bridgehead atoms. The minimum Gasteiger partial charge on any atom is -0.385 e. The van der Waals surface area contributed by atoms with E-state index in [4.69, 9.17) is 10.5 Å². The minimum atomic E-state index is 0.177. The largest absolute Gasteiger partial charge is 0.385 e. The van der Waals surface area contributed by atoms with Gasteiger partial charge in [-0.25, -0.2) is 0 Å². The highest BCUT2D eigenvalue weighted by Crippen LogP contribution is 2.26. The molecule has 0 aliphatic heterocycles. The first-order valence-electron chi connectivity index (χ1n) is 6.73. The molecule has 1 saturated carbocycles. The molecule has 0 saturated heterocycles. The summed E-state index contributed by atoms with van der Waals surface area (Å²) in [6.45, 7) is 1.43. The zero-order chi connectivity index (χ0) is 12.5. The predicted octanol–water partition coefficient (Wildman–Crippen LogP) is 1.44. The van der Waals surface area contributed by atoms with Gasteiger partial charge in [-0.15, -0.1) is 0 Å². The second kappa shape index (κ2) is 8.48. The van der Waals surface area contributed by atoms with Gasteiger partial charge in [0.25, 0.3) is 0 Å². The molecule has 17 heavy (non-hydrogen) atoms. The van der Waals surface area contributed by atoms with Crippen molar-refractivity contribution in [1.29, 1.82) is 0 Å². The number of rotatable bonds is 7. The summed E-state index contributed by atoms with van der Waals surface area (Å²) in [6.07, 6.45) is 7.20. The maximum atomic E-state index is 11.5. The van der Waals surface area contributed by atoms with Gasteiger partial charge in [-0.05, 0) is 44.4 Å². The van der Waals surface area contributed by atoms with Crippen LogP contribution in [0.1, 0.15) is 44.9 Å². The van der Waals surface area contributed by atoms with Crippen molar-refractivity contribution in [3.63, 3.8) is 0 Å². The van der Waals surface area contributed by atoms with Gasteiger partial charge in [0.05, 0.1) is 0 Å². The Morgan fingerprint density at radius 2 is 2.06 bits per heavy atom. The Morgan fingerprint density at radius 3 is 2.71 bits per heavy atom. The van der Waals surface area contributed by atoms with Crippen molar-refractivity contribution in [2.24, 2.45) is 11.7 Å². The van der Waals surface area contributed by atoms with Crippen molar-refractivity contribution in [2.75, 3.05) is 20.3 Å². The van der Waals surface area contributed by atoms with Crippen molar-refractivity contribution in [3.8, 4) is 0 Å². The highest BCUT2D eigenvalue weighted by molar-refractivity contribution is 5.75. The third-order valence-electron chi connectivity index (χ3n) is 3.52. The quantitative estimate of drug-likeness (QED) is 0.664. The fourth-order valence-corrected chi connectivity index (χ4v) is 2.34. The molecule has 3 N–H and O–H groups in total. The van der Waals surface area contributed by atoms with Gasteiger partial charge in [0.2, 0.25) is 5.91 Å². The summed E-state index contributed by atoms with van der Waals surface area (Å²) in [4.78, 5) is 11.5. The molecule has 4 nitrogen and oxygen atoms in total. The van der Waals surface area contributed by atoms with Crippen molar-refractivity contribution in [2.45, 2.75) is 51.0 Å². The number of carbonyl (C=O) groups excluding carboxylic acids is 1. The summed E-state index contributed by atoms with van der Waals surface area (Å²) < 4.78 is 4.93. The molecule has 100 valence electrons. The first kappa shape index (κ1) is 14.5. The molecule has 1 aliphatic carbocycles. The summed E-state index contributed by atoms with van der Waals surface area (Å²) in [5.74, 6) is 0.885. The SMILES string of the molecule is COCCCNC(=O)CCC1CCC(N)CC1. The highest BCUT2D eigenvalue weighted by atomic mass is 16.5. The number of methoxy groups -OCH3 is 1. The lowest BCUT2D eigenvalue weighted by atomic mass is 9.84. The molecular weight excluding hydrogens is 216 g/mol. The standard InChI is InChI=1S/C13H26N2O2/c1-17-10-2-9-15-13(16)8-5-11-3-6-12(14)7-4-11/h11-12H,2-10,14H2,1H3,(H,15,16). The lowest BCUT2D eigenvalue weighted by Crippen LogP contribution is -2.28. The van der Waals surface area contributed by atoms with Crippen LogP contribution in [0.3, 0.4) is 0 Å². The summed E-state index contributed by atoms with van der Waals surface area (Å²) in [5, 5.41) is 2.92. The fraction of sp³-hybridized carbons (Fsp3) is 0.923. The topological polar surface area (TPSA) is 64.3 Å². The average Bonchev–Trinajstić information content (AvgIpc) is 2.34. The molecular formula is C13H26N2O2. The van der Waals surface area contributed by atoms with Gasteiger partial charge in [-0.2, -0.15) is 0 Å². The van der Waals surface area contributed by atoms with Crippen molar-refractivity contribution in [3.05, 3.63) is 0 Å². The average molecular weight is 242 g/mol. The number of hydrogen-bond donors (Lipinski definition) is 2. The Labute approximate surface area is 104 Å². The van der Waals surface area contributed by atoms with Gasteiger partial charge in [-0.1, -0.05) is 0 Å². The summed E-state index contributed by atoms with van der Waals surface area (Å²) in [5.41, 5.74) is 5.86. The smallest absolute Gasteiger partial charge is 0.220 e. The molecule has 0 aromatic rings. The van der Waals surface area contributed by atoms with Gasteiger partial charge >= 0.3 is 0 Å². The summed E-state index contributed by atoms with van der Waals surface area (Å²) in [6, 6.07) is 0.397. The van der Waals surface area contributed by atoms with E-state index < -0.39 is 0 Å². The number of carbonyl (C=O) groups is 1. The van der Waals surface area contributed by atoms with Crippen LogP contribution in [0.25, 0.3) is 0 Å². The molecule has 1 aliphatic rings. The predicted molar refractivity (Wildman–Crippen MR) is 68.7 cm³/mol. The lowest BCUT2D eigenvalue weighted by Gasteiger charge is -2.25. The molecule has 0 unspecified atom stereocenters.